The monoisotopic (exact) mass is 254 g/mol. The molecule has 0 spiro atoms. The molecule has 0 aromatic rings. The molecule has 0 saturated carbocycles. The second-order valence-corrected chi connectivity index (χ2v) is 4.44. The summed E-state index contributed by atoms with van der Waals surface area (Å²) in [4.78, 5) is 24.4. The molecule has 1 unspecified atom stereocenters. The zero-order valence-corrected chi connectivity index (χ0v) is 11.0. The van der Waals surface area contributed by atoms with E-state index >= 15 is 0 Å². The summed E-state index contributed by atoms with van der Waals surface area (Å²) in [5, 5.41) is 2.83. The molecule has 1 atom stereocenters. The number of nitrogens with zero attached hydrogens (tertiary/aromatic N) is 1. The lowest BCUT2D eigenvalue weighted by Crippen LogP contribution is -2.36. The molecule has 0 aromatic heterocycles. The third kappa shape index (κ3) is 5.31. The van der Waals surface area contributed by atoms with E-state index in [-0.39, 0.29) is 17.9 Å². The Morgan fingerprint density at radius 3 is 2.89 bits per heavy atom. The first kappa shape index (κ1) is 14.7. The first-order valence-electron chi connectivity index (χ1n) is 6.38. The van der Waals surface area contributed by atoms with Crippen LogP contribution in [0.2, 0.25) is 0 Å². The molecular formula is C13H22N2O3. The van der Waals surface area contributed by atoms with Gasteiger partial charge < -0.3 is 15.0 Å². The quantitative estimate of drug-likeness (QED) is 0.681. The molecule has 5 heteroatoms. The van der Waals surface area contributed by atoms with Gasteiger partial charge >= 0.3 is 0 Å². The van der Waals surface area contributed by atoms with E-state index in [1.54, 1.807) is 11.0 Å². The highest BCUT2D eigenvalue weighted by molar-refractivity contribution is 5.78. The van der Waals surface area contributed by atoms with Crippen molar-refractivity contribution >= 4 is 11.8 Å². The van der Waals surface area contributed by atoms with Crippen LogP contribution in [0.3, 0.4) is 0 Å². The number of ether oxygens (including phenoxy) is 1. The lowest BCUT2D eigenvalue weighted by Gasteiger charge is -2.19. The topological polar surface area (TPSA) is 58.6 Å². The molecule has 18 heavy (non-hydrogen) atoms. The van der Waals surface area contributed by atoms with Crippen LogP contribution in [-0.4, -0.2) is 49.1 Å². The van der Waals surface area contributed by atoms with Gasteiger partial charge in [-0.2, -0.15) is 0 Å². The van der Waals surface area contributed by atoms with Gasteiger partial charge in [0.05, 0.1) is 6.10 Å². The predicted molar refractivity (Wildman–Crippen MR) is 69.1 cm³/mol. The van der Waals surface area contributed by atoms with Gasteiger partial charge in [0, 0.05) is 39.6 Å². The number of hydrogen-bond acceptors (Lipinski definition) is 3. The molecule has 1 rings (SSSR count). The van der Waals surface area contributed by atoms with E-state index in [2.05, 4.69) is 11.9 Å². The highest BCUT2D eigenvalue weighted by atomic mass is 16.5. The van der Waals surface area contributed by atoms with Gasteiger partial charge in [-0.05, 0) is 12.8 Å². The third-order valence-corrected chi connectivity index (χ3v) is 2.95. The zero-order valence-electron chi connectivity index (χ0n) is 11.0. The fourth-order valence-corrected chi connectivity index (χ4v) is 1.89. The Bertz CT molecular complexity index is 299. The van der Waals surface area contributed by atoms with Crippen LogP contribution in [0.5, 0.6) is 0 Å². The van der Waals surface area contributed by atoms with Crippen LogP contribution in [0.15, 0.2) is 12.7 Å². The highest BCUT2D eigenvalue weighted by Gasteiger charge is 2.16. The van der Waals surface area contributed by atoms with Crippen LogP contribution in [-0.2, 0) is 14.3 Å². The van der Waals surface area contributed by atoms with Crippen molar-refractivity contribution in [2.45, 2.75) is 32.3 Å². The van der Waals surface area contributed by atoms with Crippen LogP contribution in [0.25, 0.3) is 0 Å². The Morgan fingerprint density at radius 2 is 2.33 bits per heavy atom. The van der Waals surface area contributed by atoms with Crippen LogP contribution < -0.4 is 5.32 Å². The minimum absolute atomic E-state index is 0.0400. The van der Waals surface area contributed by atoms with E-state index in [1.165, 1.54) is 6.92 Å². The predicted octanol–water partition coefficient (Wildman–Crippen LogP) is 0.706. The maximum absolute atomic E-state index is 11.6. The number of hydrogen-bond donors (Lipinski definition) is 1. The molecule has 0 aromatic carbocycles. The summed E-state index contributed by atoms with van der Waals surface area (Å²) >= 11 is 0. The average Bonchev–Trinajstić information content (AvgIpc) is 2.84. The van der Waals surface area contributed by atoms with Gasteiger partial charge in [0.15, 0.2) is 0 Å². The zero-order chi connectivity index (χ0) is 13.4. The molecule has 1 fully saturated rings. The van der Waals surface area contributed by atoms with Gasteiger partial charge in [-0.25, -0.2) is 0 Å². The lowest BCUT2D eigenvalue weighted by atomic mass is 10.2. The van der Waals surface area contributed by atoms with E-state index in [0.29, 0.717) is 26.1 Å². The summed E-state index contributed by atoms with van der Waals surface area (Å²) in [6, 6.07) is 0. The number of amides is 2. The molecule has 2 amide bonds. The van der Waals surface area contributed by atoms with Crippen LogP contribution >= 0.6 is 0 Å². The summed E-state index contributed by atoms with van der Waals surface area (Å²) in [6.45, 7) is 7.35. The molecule has 1 heterocycles. The van der Waals surface area contributed by atoms with Crippen molar-refractivity contribution in [2.24, 2.45) is 0 Å². The van der Waals surface area contributed by atoms with Crippen molar-refractivity contribution < 1.29 is 14.3 Å². The van der Waals surface area contributed by atoms with Gasteiger partial charge in [-0.1, -0.05) is 6.08 Å². The summed E-state index contributed by atoms with van der Waals surface area (Å²) in [7, 11) is 0. The number of rotatable bonds is 7. The van der Waals surface area contributed by atoms with Crippen LogP contribution in [0.1, 0.15) is 26.2 Å². The molecule has 1 aliphatic heterocycles. The normalized spacial score (nSPS) is 18.4. The van der Waals surface area contributed by atoms with Gasteiger partial charge in [0.25, 0.3) is 0 Å². The molecule has 1 N–H and O–H groups in total. The molecule has 1 aliphatic rings. The summed E-state index contributed by atoms with van der Waals surface area (Å²) in [5.74, 6) is -0.0809. The van der Waals surface area contributed by atoms with Gasteiger partial charge in [0.1, 0.15) is 0 Å². The molecule has 0 aliphatic carbocycles. The van der Waals surface area contributed by atoms with Crippen LogP contribution in [0.4, 0.5) is 0 Å². The average molecular weight is 254 g/mol. The summed E-state index contributed by atoms with van der Waals surface area (Å²) in [5.41, 5.74) is 0. The van der Waals surface area contributed by atoms with Crippen LogP contribution in [0, 0.1) is 0 Å². The number of nitrogens with one attached hydrogen (secondary N) is 1. The van der Waals surface area contributed by atoms with E-state index in [4.69, 9.17) is 4.74 Å². The Kier molecular flexibility index (Phi) is 6.43. The minimum atomic E-state index is -0.0409. The number of carbonyl (C=O) groups excluding carboxylic acids is 2. The van der Waals surface area contributed by atoms with Crippen molar-refractivity contribution in [3.63, 3.8) is 0 Å². The smallest absolute Gasteiger partial charge is 0.221 e. The summed E-state index contributed by atoms with van der Waals surface area (Å²) < 4.78 is 5.41. The van der Waals surface area contributed by atoms with E-state index < -0.39 is 0 Å². The maximum Gasteiger partial charge on any atom is 0.221 e. The highest BCUT2D eigenvalue weighted by Crippen LogP contribution is 2.10. The van der Waals surface area contributed by atoms with E-state index in [1.807, 2.05) is 0 Å². The van der Waals surface area contributed by atoms with Crippen molar-refractivity contribution in [3.8, 4) is 0 Å². The fourth-order valence-electron chi connectivity index (χ4n) is 1.89. The third-order valence-electron chi connectivity index (χ3n) is 2.95. The second-order valence-electron chi connectivity index (χ2n) is 4.44. The Hall–Kier alpha value is -1.36. The van der Waals surface area contributed by atoms with Crippen molar-refractivity contribution in [3.05, 3.63) is 12.7 Å². The Balaban J connectivity index is 2.18. The van der Waals surface area contributed by atoms with Gasteiger partial charge in [0.2, 0.25) is 11.8 Å². The first-order chi connectivity index (χ1) is 8.63. The lowest BCUT2D eigenvalue weighted by molar-refractivity contribution is -0.129. The maximum atomic E-state index is 11.6. The Morgan fingerprint density at radius 1 is 1.56 bits per heavy atom. The van der Waals surface area contributed by atoms with Crippen molar-refractivity contribution in [1.82, 2.24) is 10.2 Å². The fraction of sp³-hybridized carbons (Fsp3) is 0.692. The molecule has 5 nitrogen and oxygen atoms in total. The summed E-state index contributed by atoms with van der Waals surface area (Å²) in [6.07, 6.45) is 4.21. The van der Waals surface area contributed by atoms with Gasteiger partial charge in [-0.3, -0.25) is 9.59 Å². The Labute approximate surface area is 108 Å². The van der Waals surface area contributed by atoms with E-state index in [9.17, 15) is 9.59 Å². The molecule has 0 radical (unpaired) electrons. The number of carbonyl (C=O) groups is 2. The second kappa shape index (κ2) is 7.87. The van der Waals surface area contributed by atoms with E-state index in [0.717, 1.165) is 19.4 Å². The van der Waals surface area contributed by atoms with Crippen molar-refractivity contribution in [2.75, 3.05) is 26.2 Å². The molecular weight excluding hydrogens is 232 g/mol. The molecule has 1 saturated heterocycles. The molecule has 0 bridgehead atoms. The van der Waals surface area contributed by atoms with Crippen molar-refractivity contribution in [1.29, 1.82) is 0 Å². The SMILES string of the molecule is C=CCN(CCC(=O)NCC1CCCO1)C(C)=O. The first-order valence-corrected chi connectivity index (χ1v) is 6.38. The molecule has 102 valence electrons. The minimum Gasteiger partial charge on any atom is -0.376 e. The standard InChI is InChI=1S/C13H22N2O3/c1-3-7-15(11(2)16)8-6-13(17)14-10-12-5-4-9-18-12/h3,12H,1,4-10H2,2H3,(H,14,17). The van der Waals surface area contributed by atoms with Gasteiger partial charge in [-0.15, -0.1) is 6.58 Å². The largest absolute Gasteiger partial charge is 0.376 e.